The maximum absolute atomic E-state index is 11.6. The van der Waals surface area contributed by atoms with Gasteiger partial charge in [0.15, 0.2) is 0 Å². The first-order chi connectivity index (χ1) is 8.43. The van der Waals surface area contributed by atoms with Crippen molar-refractivity contribution in [3.63, 3.8) is 0 Å². The Morgan fingerprint density at radius 3 is 2.83 bits per heavy atom. The molecule has 4 nitrogen and oxygen atoms in total. The van der Waals surface area contributed by atoms with E-state index in [1.54, 1.807) is 0 Å². The predicted octanol–water partition coefficient (Wildman–Crippen LogP) is 2.07. The predicted molar refractivity (Wildman–Crippen MR) is 75.5 cm³/mol. The average molecular weight is 315 g/mol. The van der Waals surface area contributed by atoms with Crippen LogP contribution in [0.1, 0.15) is 20.3 Å². The molecule has 0 aliphatic carbocycles. The van der Waals surface area contributed by atoms with Gasteiger partial charge < -0.3 is 15.8 Å². The number of carbonyl (C=O) groups is 1. The highest BCUT2D eigenvalue weighted by Crippen LogP contribution is 2.17. The lowest BCUT2D eigenvalue weighted by Gasteiger charge is -2.24. The number of hydrogen-bond acceptors (Lipinski definition) is 3. The highest BCUT2D eigenvalue weighted by Gasteiger charge is 2.17. The maximum Gasteiger partial charge on any atom is 0.223 e. The second kappa shape index (κ2) is 6.75. The first kappa shape index (κ1) is 15.0. The van der Waals surface area contributed by atoms with Crippen LogP contribution in [-0.4, -0.2) is 24.6 Å². The number of ether oxygens (including phenoxy) is 1. The van der Waals surface area contributed by atoms with Crippen LogP contribution in [0, 0.1) is 0 Å². The Bertz CT molecular complexity index is 408. The van der Waals surface area contributed by atoms with Crippen molar-refractivity contribution in [2.75, 3.05) is 13.2 Å². The Labute approximate surface area is 116 Å². The molecule has 0 radical (unpaired) electrons. The third kappa shape index (κ3) is 5.51. The van der Waals surface area contributed by atoms with Crippen LogP contribution in [0.3, 0.4) is 0 Å². The van der Waals surface area contributed by atoms with E-state index in [0.717, 1.165) is 10.2 Å². The molecule has 1 aromatic carbocycles. The molecule has 1 aromatic rings. The molecular formula is C13H19BrN2O2. The summed E-state index contributed by atoms with van der Waals surface area (Å²) in [5, 5.41) is 2.85. The maximum atomic E-state index is 11.6. The highest BCUT2D eigenvalue weighted by atomic mass is 79.9. The van der Waals surface area contributed by atoms with Crippen LogP contribution in [0.4, 0.5) is 0 Å². The van der Waals surface area contributed by atoms with Gasteiger partial charge in [-0.2, -0.15) is 0 Å². The molecule has 5 heteroatoms. The molecule has 1 amide bonds. The van der Waals surface area contributed by atoms with E-state index < -0.39 is 0 Å². The highest BCUT2D eigenvalue weighted by molar-refractivity contribution is 9.10. The van der Waals surface area contributed by atoms with Crippen molar-refractivity contribution >= 4 is 21.8 Å². The smallest absolute Gasteiger partial charge is 0.223 e. The van der Waals surface area contributed by atoms with Gasteiger partial charge in [-0.15, -0.1) is 0 Å². The summed E-state index contributed by atoms with van der Waals surface area (Å²) in [7, 11) is 0. The van der Waals surface area contributed by atoms with E-state index in [1.165, 1.54) is 0 Å². The molecule has 0 atom stereocenters. The Morgan fingerprint density at radius 2 is 2.22 bits per heavy atom. The number of halogens is 1. The number of carbonyl (C=O) groups excluding carboxylic acids is 1. The van der Waals surface area contributed by atoms with E-state index in [4.69, 9.17) is 10.5 Å². The van der Waals surface area contributed by atoms with Crippen molar-refractivity contribution in [1.82, 2.24) is 5.32 Å². The molecule has 0 unspecified atom stereocenters. The molecule has 18 heavy (non-hydrogen) atoms. The van der Waals surface area contributed by atoms with Crippen molar-refractivity contribution in [3.8, 4) is 5.75 Å². The summed E-state index contributed by atoms with van der Waals surface area (Å²) in [6, 6.07) is 7.52. The van der Waals surface area contributed by atoms with Gasteiger partial charge in [0.1, 0.15) is 5.75 Å². The van der Waals surface area contributed by atoms with Gasteiger partial charge in [-0.3, -0.25) is 4.79 Å². The zero-order valence-electron chi connectivity index (χ0n) is 10.7. The van der Waals surface area contributed by atoms with Crippen LogP contribution in [0.15, 0.2) is 28.7 Å². The Balaban J connectivity index is 2.32. The Kier molecular flexibility index (Phi) is 5.62. The minimum absolute atomic E-state index is 0.0551. The van der Waals surface area contributed by atoms with Gasteiger partial charge >= 0.3 is 0 Å². The van der Waals surface area contributed by atoms with Gasteiger partial charge in [-0.25, -0.2) is 0 Å². The molecule has 0 aromatic heterocycles. The van der Waals surface area contributed by atoms with Crippen LogP contribution in [0.25, 0.3) is 0 Å². The molecule has 0 spiro atoms. The molecule has 3 N–H and O–H groups in total. The Morgan fingerprint density at radius 1 is 1.50 bits per heavy atom. The molecule has 1 rings (SSSR count). The van der Waals surface area contributed by atoms with Crippen LogP contribution in [0.5, 0.6) is 5.75 Å². The average Bonchev–Trinajstić information content (AvgIpc) is 2.28. The summed E-state index contributed by atoms with van der Waals surface area (Å²) >= 11 is 3.36. The number of nitrogens with two attached hydrogens (primary N) is 1. The summed E-state index contributed by atoms with van der Waals surface area (Å²) in [6.45, 7) is 4.54. The topological polar surface area (TPSA) is 64.3 Å². The first-order valence-corrected chi connectivity index (χ1v) is 6.62. The van der Waals surface area contributed by atoms with Gasteiger partial charge in [0, 0.05) is 16.6 Å². The van der Waals surface area contributed by atoms with E-state index in [2.05, 4.69) is 21.2 Å². The lowest BCUT2D eigenvalue weighted by atomic mass is 10.1. The minimum atomic E-state index is -0.368. The number of rotatable bonds is 6. The lowest BCUT2D eigenvalue weighted by molar-refractivity contribution is -0.123. The number of hydrogen-bond donors (Lipinski definition) is 2. The Hall–Kier alpha value is -1.07. The van der Waals surface area contributed by atoms with Crippen LogP contribution >= 0.6 is 15.9 Å². The number of amides is 1. The molecule has 0 aliphatic heterocycles. The van der Waals surface area contributed by atoms with Crippen LogP contribution in [0.2, 0.25) is 0 Å². The van der Waals surface area contributed by atoms with Crippen LogP contribution in [-0.2, 0) is 4.79 Å². The summed E-state index contributed by atoms with van der Waals surface area (Å²) < 4.78 is 6.44. The van der Waals surface area contributed by atoms with E-state index in [-0.39, 0.29) is 11.4 Å². The van der Waals surface area contributed by atoms with Crippen LogP contribution < -0.4 is 15.8 Å². The fourth-order valence-electron chi connectivity index (χ4n) is 1.31. The van der Waals surface area contributed by atoms with Crippen molar-refractivity contribution in [1.29, 1.82) is 0 Å². The SMILES string of the molecule is CC(C)(CN)NC(=O)CCOc1cccc(Br)c1. The minimum Gasteiger partial charge on any atom is -0.493 e. The molecule has 100 valence electrons. The summed E-state index contributed by atoms with van der Waals surface area (Å²) in [5.74, 6) is 0.690. The monoisotopic (exact) mass is 314 g/mol. The second-order valence-electron chi connectivity index (χ2n) is 4.69. The van der Waals surface area contributed by atoms with Crippen molar-refractivity contribution in [2.24, 2.45) is 5.73 Å². The normalized spacial score (nSPS) is 11.1. The molecule has 0 bridgehead atoms. The van der Waals surface area contributed by atoms with Crippen molar-refractivity contribution in [3.05, 3.63) is 28.7 Å². The standard InChI is InChI=1S/C13H19BrN2O2/c1-13(2,9-15)16-12(17)6-7-18-11-5-3-4-10(14)8-11/h3-5,8H,6-7,9,15H2,1-2H3,(H,16,17). The van der Waals surface area contributed by atoms with E-state index in [0.29, 0.717) is 19.6 Å². The van der Waals surface area contributed by atoms with Gasteiger partial charge in [0.25, 0.3) is 0 Å². The van der Waals surface area contributed by atoms with Gasteiger partial charge in [0.05, 0.1) is 13.0 Å². The number of benzene rings is 1. The molecule has 0 aliphatic rings. The molecule has 0 saturated carbocycles. The van der Waals surface area contributed by atoms with E-state index in [9.17, 15) is 4.79 Å². The fraction of sp³-hybridized carbons (Fsp3) is 0.462. The van der Waals surface area contributed by atoms with E-state index in [1.807, 2.05) is 38.1 Å². The van der Waals surface area contributed by atoms with E-state index >= 15 is 0 Å². The third-order valence-corrected chi connectivity index (χ3v) is 2.88. The van der Waals surface area contributed by atoms with Crippen molar-refractivity contribution < 1.29 is 9.53 Å². The zero-order chi connectivity index (χ0) is 13.6. The van der Waals surface area contributed by atoms with Gasteiger partial charge in [0.2, 0.25) is 5.91 Å². The quantitative estimate of drug-likeness (QED) is 0.845. The van der Waals surface area contributed by atoms with Gasteiger partial charge in [-0.05, 0) is 32.0 Å². The summed E-state index contributed by atoms with van der Waals surface area (Å²) in [4.78, 5) is 11.6. The fourth-order valence-corrected chi connectivity index (χ4v) is 1.69. The van der Waals surface area contributed by atoms with Gasteiger partial charge in [-0.1, -0.05) is 22.0 Å². The summed E-state index contributed by atoms with van der Waals surface area (Å²) in [5.41, 5.74) is 5.17. The first-order valence-electron chi connectivity index (χ1n) is 5.82. The molecule has 0 saturated heterocycles. The zero-order valence-corrected chi connectivity index (χ0v) is 12.3. The number of nitrogens with one attached hydrogen (secondary N) is 1. The lowest BCUT2D eigenvalue weighted by Crippen LogP contribution is -2.49. The largest absolute Gasteiger partial charge is 0.493 e. The van der Waals surface area contributed by atoms with Crippen molar-refractivity contribution in [2.45, 2.75) is 25.8 Å². The molecule has 0 fully saturated rings. The third-order valence-electron chi connectivity index (χ3n) is 2.38. The second-order valence-corrected chi connectivity index (χ2v) is 5.61. The summed E-state index contributed by atoms with van der Waals surface area (Å²) in [6.07, 6.45) is 0.315. The molecular weight excluding hydrogens is 296 g/mol. The molecule has 0 heterocycles.